The molecule has 0 N–H and O–H groups in total. The second kappa shape index (κ2) is 13.6. The highest BCUT2D eigenvalue weighted by Crippen LogP contribution is 2.29. The Morgan fingerprint density at radius 1 is 0.921 bits per heavy atom. The fourth-order valence-electron chi connectivity index (χ4n) is 5.74. The van der Waals surface area contributed by atoms with Crippen molar-refractivity contribution in [3.8, 4) is 11.5 Å². The highest BCUT2D eigenvalue weighted by molar-refractivity contribution is 5.46. The molecular formula is C32H42N4O2. The van der Waals surface area contributed by atoms with Crippen LogP contribution >= 0.6 is 0 Å². The molecule has 0 radical (unpaired) electrons. The molecule has 0 atom stereocenters. The van der Waals surface area contributed by atoms with Crippen LogP contribution in [0.5, 0.6) is 11.5 Å². The van der Waals surface area contributed by atoms with Gasteiger partial charge in [0.2, 0.25) is 0 Å². The van der Waals surface area contributed by atoms with E-state index in [1.54, 1.807) is 7.11 Å². The van der Waals surface area contributed by atoms with Crippen LogP contribution in [0.15, 0.2) is 60.8 Å². The standard InChI is InChI=1S/C32H42N4O2/c1-37-30-13-11-27(24-31(30)38-23-7-20-35-18-5-6-19-35)25-32-33-17-14-28(34-32)12-10-26-15-21-36(22-16-26)29-8-3-2-4-9-29/h2-4,8-9,11,13-14,17,24,26H,5-7,10,12,15-16,18-23,25H2,1H3. The van der Waals surface area contributed by atoms with Crippen molar-refractivity contribution in [2.75, 3.05) is 51.3 Å². The van der Waals surface area contributed by atoms with E-state index >= 15 is 0 Å². The Hall–Kier alpha value is -3.12. The van der Waals surface area contributed by atoms with E-state index < -0.39 is 0 Å². The van der Waals surface area contributed by atoms with Crippen molar-refractivity contribution in [2.24, 2.45) is 5.92 Å². The molecule has 0 aliphatic carbocycles. The lowest BCUT2D eigenvalue weighted by molar-refractivity contribution is 0.254. The van der Waals surface area contributed by atoms with Gasteiger partial charge in [-0.3, -0.25) is 0 Å². The van der Waals surface area contributed by atoms with Crippen molar-refractivity contribution < 1.29 is 9.47 Å². The smallest absolute Gasteiger partial charge is 0.161 e. The number of piperidine rings is 1. The summed E-state index contributed by atoms with van der Waals surface area (Å²) in [4.78, 5) is 14.5. The number of methoxy groups -OCH3 is 1. The largest absolute Gasteiger partial charge is 0.493 e. The fourth-order valence-corrected chi connectivity index (χ4v) is 5.74. The van der Waals surface area contributed by atoms with Gasteiger partial charge in [-0.1, -0.05) is 24.3 Å². The van der Waals surface area contributed by atoms with Crippen LogP contribution in [0.2, 0.25) is 0 Å². The summed E-state index contributed by atoms with van der Waals surface area (Å²) in [6.07, 6.45) is 11.0. The van der Waals surface area contributed by atoms with Gasteiger partial charge >= 0.3 is 0 Å². The van der Waals surface area contributed by atoms with Crippen molar-refractivity contribution in [2.45, 2.75) is 51.4 Å². The molecule has 1 aromatic heterocycles. The van der Waals surface area contributed by atoms with Crippen LogP contribution < -0.4 is 14.4 Å². The lowest BCUT2D eigenvalue weighted by atomic mass is 9.91. The summed E-state index contributed by atoms with van der Waals surface area (Å²) in [5.74, 6) is 3.22. The van der Waals surface area contributed by atoms with E-state index in [1.165, 1.54) is 50.9 Å². The molecule has 3 heterocycles. The van der Waals surface area contributed by atoms with Gasteiger partial charge in [-0.05, 0) is 99.8 Å². The second-order valence-corrected chi connectivity index (χ2v) is 10.7. The molecule has 2 saturated heterocycles. The summed E-state index contributed by atoms with van der Waals surface area (Å²) in [5.41, 5.74) is 3.64. The molecule has 2 aliphatic heterocycles. The maximum atomic E-state index is 6.14. The Balaban J connectivity index is 1.10. The first kappa shape index (κ1) is 26.5. The molecule has 3 aromatic rings. The summed E-state index contributed by atoms with van der Waals surface area (Å²) < 4.78 is 11.7. The zero-order valence-corrected chi connectivity index (χ0v) is 22.9. The van der Waals surface area contributed by atoms with Gasteiger partial charge in [0.15, 0.2) is 11.5 Å². The minimum Gasteiger partial charge on any atom is -0.493 e. The van der Waals surface area contributed by atoms with Crippen LogP contribution in [0, 0.1) is 5.92 Å². The van der Waals surface area contributed by atoms with E-state index in [-0.39, 0.29) is 0 Å². The van der Waals surface area contributed by atoms with Crippen LogP contribution in [0.1, 0.15) is 55.6 Å². The average Bonchev–Trinajstić information content (AvgIpc) is 3.49. The predicted molar refractivity (Wildman–Crippen MR) is 153 cm³/mol. The molecule has 202 valence electrons. The Bertz CT molecular complexity index is 1130. The normalized spacial score (nSPS) is 16.6. The molecule has 2 aromatic carbocycles. The van der Waals surface area contributed by atoms with Gasteiger partial charge in [0, 0.05) is 43.6 Å². The van der Waals surface area contributed by atoms with Crippen molar-refractivity contribution in [3.05, 3.63) is 77.9 Å². The fraction of sp³-hybridized carbons (Fsp3) is 0.500. The first-order valence-corrected chi connectivity index (χ1v) is 14.4. The average molecular weight is 515 g/mol. The first-order valence-electron chi connectivity index (χ1n) is 14.4. The minimum absolute atomic E-state index is 0.692. The van der Waals surface area contributed by atoms with E-state index in [1.807, 2.05) is 12.3 Å². The molecule has 38 heavy (non-hydrogen) atoms. The van der Waals surface area contributed by atoms with Gasteiger partial charge in [-0.15, -0.1) is 0 Å². The van der Waals surface area contributed by atoms with E-state index in [0.29, 0.717) is 13.0 Å². The zero-order chi connectivity index (χ0) is 26.0. The Kier molecular flexibility index (Phi) is 9.48. The van der Waals surface area contributed by atoms with Crippen LogP contribution in [0.3, 0.4) is 0 Å². The molecule has 6 nitrogen and oxygen atoms in total. The van der Waals surface area contributed by atoms with Gasteiger partial charge in [0.25, 0.3) is 0 Å². The molecule has 2 aliphatic rings. The SMILES string of the molecule is COc1ccc(Cc2nccc(CCC3CCN(c4ccccc4)CC3)n2)cc1OCCCN1CCCC1. The van der Waals surface area contributed by atoms with Crippen LogP contribution in [0.4, 0.5) is 5.69 Å². The number of hydrogen-bond acceptors (Lipinski definition) is 6. The molecule has 5 rings (SSSR count). The number of aromatic nitrogens is 2. The molecule has 0 amide bonds. The Morgan fingerprint density at radius 2 is 1.74 bits per heavy atom. The number of benzene rings is 2. The number of rotatable bonds is 12. The van der Waals surface area contributed by atoms with Gasteiger partial charge in [-0.25, -0.2) is 9.97 Å². The number of hydrogen-bond donors (Lipinski definition) is 0. The van der Waals surface area contributed by atoms with Gasteiger partial charge in [0.1, 0.15) is 5.82 Å². The summed E-state index contributed by atoms with van der Waals surface area (Å²) in [5, 5.41) is 0. The summed E-state index contributed by atoms with van der Waals surface area (Å²) in [7, 11) is 1.70. The third-order valence-electron chi connectivity index (χ3n) is 7.97. The van der Waals surface area contributed by atoms with Crippen molar-refractivity contribution in [3.63, 3.8) is 0 Å². The third kappa shape index (κ3) is 7.47. The lowest BCUT2D eigenvalue weighted by Crippen LogP contribution is -2.33. The molecule has 0 spiro atoms. The number of ether oxygens (including phenoxy) is 2. The molecule has 0 unspecified atom stereocenters. The quantitative estimate of drug-likeness (QED) is 0.285. The molecule has 0 saturated carbocycles. The van der Waals surface area contributed by atoms with Crippen LogP contribution in [0.25, 0.3) is 0 Å². The monoisotopic (exact) mass is 514 g/mol. The number of likely N-dealkylation sites (tertiary alicyclic amines) is 1. The maximum Gasteiger partial charge on any atom is 0.161 e. The van der Waals surface area contributed by atoms with E-state index in [2.05, 4.69) is 63.3 Å². The van der Waals surface area contributed by atoms with Crippen molar-refractivity contribution >= 4 is 5.69 Å². The topological polar surface area (TPSA) is 50.7 Å². The van der Waals surface area contributed by atoms with Gasteiger partial charge in [0.05, 0.1) is 13.7 Å². The predicted octanol–water partition coefficient (Wildman–Crippen LogP) is 5.79. The van der Waals surface area contributed by atoms with E-state index in [0.717, 1.165) is 67.0 Å². The summed E-state index contributed by atoms with van der Waals surface area (Å²) in [6, 6.07) is 19.0. The molecular weight excluding hydrogens is 472 g/mol. The third-order valence-corrected chi connectivity index (χ3v) is 7.97. The lowest BCUT2D eigenvalue weighted by Gasteiger charge is -2.33. The Morgan fingerprint density at radius 3 is 2.53 bits per heavy atom. The first-order chi connectivity index (χ1) is 18.8. The van der Waals surface area contributed by atoms with E-state index in [4.69, 9.17) is 14.5 Å². The molecule has 6 heteroatoms. The zero-order valence-electron chi connectivity index (χ0n) is 22.9. The number of anilines is 1. The second-order valence-electron chi connectivity index (χ2n) is 10.7. The number of para-hydroxylation sites is 1. The maximum absolute atomic E-state index is 6.14. The van der Waals surface area contributed by atoms with Crippen LogP contribution in [-0.2, 0) is 12.8 Å². The van der Waals surface area contributed by atoms with Crippen molar-refractivity contribution in [1.29, 1.82) is 0 Å². The van der Waals surface area contributed by atoms with E-state index in [9.17, 15) is 0 Å². The Labute approximate surface area is 228 Å². The number of nitrogens with zero attached hydrogens (tertiary/aromatic N) is 4. The van der Waals surface area contributed by atoms with Gasteiger partial charge < -0.3 is 19.3 Å². The number of aryl methyl sites for hydroxylation is 1. The molecule has 0 bridgehead atoms. The summed E-state index contributed by atoms with van der Waals surface area (Å²) in [6.45, 7) is 6.55. The van der Waals surface area contributed by atoms with Crippen LogP contribution in [-0.4, -0.2) is 61.3 Å². The highest BCUT2D eigenvalue weighted by atomic mass is 16.5. The summed E-state index contributed by atoms with van der Waals surface area (Å²) >= 11 is 0. The minimum atomic E-state index is 0.692. The molecule has 2 fully saturated rings. The van der Waals surface area contributed by atoms with Crippen molar-refractivity contribution in [1.82, 2.24) is 14.9 Å². The highest BCUT2D eigenvalue weighted by Gasteiger charge is 2.19. The van der Waals surface area contributed by atoms with Gasteiger partial charge in [-0.2, -0.15) is 0 Å².